The van der Waals surface area contributed by atoms with Gasteiger partial charge in [-0.1, -0.05) is 5.11 Å². The molecule has 0 saturated carbocycles. The molecule has 0 N–H and O–H groups in total. The number of halogens is 3. The highest BCUT2D eigenvalue weighted by atomic mass is 19.2. The molecule has 0 saturated heterocycles. The average Bonchev–Trinajstić information content (AvgIpc) is 2.12. The molecule has 0 atom stereocenters. The van der Waals surface area contributed by atoms with Crippen LogP contribution in [0.5, 0.6) is 0 Å². The smallest absolute Gasteiger partial charge is 0.165 e. The molecule has 3 nitrogen and oxygen atoms in total. The molecule has 68 valence electrons. The van der Waals surface area contributed by atoms with E-state index in [1.54, 1.807) is 0 Å². The van der Waals surface area contributed by atoms with Gasteiger partial charge in [0.25, 0.3) is 0 Å². The molecular formula is C7H4F3N3. The zero-order chi connectivity index (χ0) is 9.84. The summed E-state index contributed by atoms with van der Waals surface area (Å²) in [5.74, 6) is -3.40. The zero-order valence-corrected chi connectivity index (χ0v) is 6.34. The van der Waals surface area contributed by atoms with Crippen LogP contribution in [0.4, 0.5) is 13.2 Å². The van der Waals surface area contributed by atoms with Gasteiger partial charge in [0.1, 0.15) is 5.82 Å². The second-order valence-electron chi connectivity index (χ2n) is 2.21. The number of rotatable bonds is 2. The Labute approximate surface area is 71.4 Å². The van der Waals surface area contributed by atoms with E-state index in [4.69, 9.17) is 5.53 Å². The van der Waals surface area contributed by atoms with Crippen LogP contribution in [0.25, 0.3) is 10.4 Å². The minimum atomic E-state index is -1.31. The van der Waals surface area contributed by atoms with E-state index in [2.05, 4.69) is 10.0 Å². The van der Waals surface area contributed by atoms with E-state index in [9.17, 15) is 13.2 Å². The highest BCUT2D eigenvalue weighted by molar-refractivity contribution is 5.20. The summed E-state index contributed by atoms with van der Waals surface area (Å²) in [5, 5.41) is 2.94. The van der Waals surface area contributed by atoms with Gasteiger partial charge in [0.05, 0.1) is 6.54 Å². The van der Waals surface area contributed by atoms with Crippen LogP contribution in [0.1, 0.15) is 5.56 Å². The predicted molar refractivity (Wildman–Crippen MR) is 39.2 cm³/mol. The maximum absolute atomic E-state index is 12.8. The van der Waals surface area contributed by atoms with Crippen molar-refractivity contribution in [1.29, 1.82) is 0 Å². The molecule has 0 radical (unpaired) electrons. The molecule has 13 heavy (non-hydrogen) atoms. The number of benzene rings is 1. The number of hydrogen-bond donors (Lipinski definition) is 0. The van der Waals surface area contributed by atoms with E-state index in [-0.39, 0.29) is 0 Å². The van der Waals surface area contributed by atoms with E-state index in [1.165, 1.54) is 0 Å². The molecule has 0 aromatic heterocycles. The quantitative estimate of drug-likeness (QED) is 0.296. The third-order valence-electron chi connectivity index (χ3n) is 1.43. The molecule has 0 spiro atoms. The van der Waals surface area contributed by atoms with Crippen molar-refractivity contribution in [3.8, 4) is 0 Å². The molecule has 0 amide bonds. The van der Waals surface area contributed by atoms with Crippen molar-refractivity contribution < 1.29 is 13.2 Å². The standard InChI is InChI=1S/C7H4F3N3/c8-5-1-2-6(9)7(10)4(5)3-12-13-11/h1-2H,3H2. The summed E-state index contributed by atoms with van der Waals surface area (Å²) in [6.07, 6.45) is 0. The molecule has 0 fully saturated rings. The topological polar surface area (TPSA) is 48.8 Å². The molecule has 1 rings (SSSR count). The van der Waals surface area contributed by atoms with E-state index in [0.29, 0.717) is 6.07 Å². The van der Waals surface area contributed by atoms with Gasteiger partial charge in [0.2, 0.25) is 0 Å². The van der Waals surface area contributed by atoms with Crippen LogP contribution >= 0.6 is 0 Å². The van der Waals surface area contributed by atoms with Gasteiger partial charge in [-0.3, -0.25) is 0 Å². The first-order chi connectivity index (χ1) is 6.16. The summed E-state index contributed by atoms with van der Waals surface area (Å²) in [5.41, 5.74) is 7.34. The molecule has 1 aromatic carbocycles. The lowest BCUT2D eigenvalue weighted by molar-refractivity contribution is 0.480. The summed E-state index contributed by atoms with van der Waals surface area (Å²) in [6, 6.07) is 1.45. The van der Waals surface area contributed by atoms with Crippen LogP contribution in [0.2, 0.25) is 0 Å². The Morgan fingerprint density at radius 2 is 1.85 bits per heavy atom. The van der Waals surface area contributed by atoms with Crippen molar-refractivity contribution in [2.75, 3.05) is 0 Å². The van der Waals surface area contributed by atoms with Crippen LogP contribution in [0.3, 0.4) is 0 Å². The van der Waals surface area contributed by atoms with Crippen molar-refractivity contribution in [2.24, 2.45) is 5.11 Å². The number of nitrogens with zero attached hydrogens (tertiary/aromatic N) is 3. The van der Waals surface area contributed by atoms with Crippen molar-refractivity contribution in [1.82, 2.24) is 0 Å². The minimum Gasteiger partial charge on any atom is -0.207 e. The first-order valence-electron chi connectivity index (χ1n) is 3.30. The summed E-state index contributed by atoms with van der Waals surface area (Å²) in [6.45, 7) is -0.536. The molecule has 0 aliphatic rings. The van der Waals surface area contributed by atoms with Crippen LogP contribution < -0.4 is 0 Å². The SMILES string of the molecule is [N-]=[N+]=NCc1c(F)ccc(F)c1F. The van der Waals surface area contributed by atoms with Gasteiger partial charge < -0.3 is 0 Å². The van der Waals surface area contributed by atoms with Gasteiger partial charge >= 0.3 is 0 Å². The molecule has 1 aromatic rings. The third-order valence-corrected chi connectivity index (χ3v) is 1.43. The Balaban J connectivity index is 3.16. The first-order valence-corrected chi connectivity index (χ1v) is 3.30. The normalized spacial score (nSPS) is 9.46. The molecular weight excluding hydrogens is 183 g/mol. The van der Waals surface area contributed by atoms with Crippen molar-refractivity contribution in [3.05, 3.63) is 45.6 Å². The lowest BCUT2D eigenvalue weighted by Gasteiger charge is -2.00. The van der Waals surface area contributed by atoms with Gasteiger partial charge in [0.15, 0.2) is 11.6 Å². The van der Waals surface area contributed by atoms with Crippen LogP contribution in [0, 0.1) is 17.5 Å². The molecule has 0 unspecified atom stereocenters. The Bertz CT molecular complexity index is 371. The summed E-state index contributed by atoms with van der Waals surface area (Å²) >= 11 is 0. The van der Waals surface area contributed by atoms with Crippen LogP contribution in [0.15, 0.2) is 17.2 Å². The largest absolute Gasteiger partial charge is 0.207 e. The van der Waals surface area contributed by atoms with E-state index >= 15 is 0 Å². The molecule has 6 heteroatoms. The predicted octanol–water partition coefficient (Wildman–Crippen LogP) is 2.91. The number of azide groups is 1. The molecule has 0 heterocycles. The maximum atomic E-state index is 12.8. The summed E-state index contributed by atoms with van der Waals surface area (Å²) in [7, 11) is 0. The van der Waals surface area contributed by atoms with Gasteiger partial charge in [-0.15, -0.1) is 0 Å². The van der Waals surface area contributed by atoms with Crippen molar-refractivity contribution in [2.45, 2.75) is 6.54 Å². The highest BCUT2D eigenvalue weighted by Gasteiger charge is 2.12. The Kier molecular flexibility index (Phi) is 2.76. The van der Waals surface area contributed by atoms with E-state index in [1.807, 2.05) is 0 Å². The van der Waals surface area contributed by atoms with Crippen molar-refractivity contribution in [3.63, 3.8) is 0 Å². The van der Waals surface area contributed by atoms with Crippen molar-refractivity contribution >= 4 is 0 Å². The first kappa shape index (κ1) is 9.41. The third kappa shape index (κ3) is 1.91. The maximum Gasteiger partial charge on any atom is 0.165 e. The fourth-order valence-corrected chi connectivity index (χ4v) is 0.816. The Morgan fingerprint density at radius 1 is 1.23 bits per heavy atom. The number of hydrogen-bond acceptors (Lipinski definition) is 1. The Morgan fingerprint density at radius 3 is 2.46 bits per heavy atom. The van der Waals surface area contributed by atoms with Gasteiger partial charge in [-0.2, -0.15) is 0 Å². The second-order valence-corrected chi connectivity index (χ2v) is 2.21. The van der Waals surface area contributed by atoms with Crippen LogP contribution in [-0.4, -0.2) is 0 Å². The Hall–Kier alpha value is -1.68. The average molecular weight is 187 g/mol. The lowest BCUT2D eigenvalue weighted by atomic mass is 10.2. The summed E-state index contributed by atoms with van der Waals surface area (Å²) in [4.78, 5) is 2.31. The van der Waals surface area contributed by atoms with Gasteiger partial charge in [-0.05, 0) is 17.7 Å². The van der Waals surface area contributed by atoms with Gasteiger partial charge in [-0.25, -0.2) is 13.2 Å². The highest BCUT2D eigenvalue weighted by Crippen LogP contribution is 2.16. The fraction of sp³-hybridized carbons (Fsp3) is 0.143. The molecule has 0 aliphatic heterocycles. The van der Waals surface area contributed by atoms with Gasteiger partial charge in [0, 0.05) is 10.5 Å². The van der Waals surface area contributed by atoms with Crippen LogP contribution in [-0.2, 0) is 6.54 Å². The zero-order valence-electron chi connectivity index (χ0n) is 6.34. The minimum absolute atomic E-state index is 0.536. The monoisotopic (exact) mass is 187 g/mol. The molecule has 0 bridgehead atoms. The molecule has 0 aliphatic carbocycles. The summed E-state index contributed by atoms with van der Waals surface area (Å²) < 4.78 is 38.1. The van der Waals surface area contributed by atoms with E-state index < -0.39 is 29.6 Å². The second kappa shape index (κ2) is 3.82. The fourth-order valence-electron chi connectivity index (χ4n) is 0.816. The van der Waals surface area contributed by atoms with E-state index in [0.717, 1.165) is 6.07 Å². The lowest BCUT2D eigenvalue weighted by Crippen LogP contribution is -1.96.